The maximum absolute atomic E-state index is 13.5. The van der Waals surface area contributed by atoms with Gasteiger partial charge in [0.15, 0.2) is 12.3 Å². The number of hydrogen-bond acceptors (Lipinski definition) is 4. The zero-order chi connectivity index (χ0) is 19.4. The van der Waals surface area contributed by atoms with Crippen molar-refractivity contribution in [1.29, 1.82) is 0 Å². The van der Waals surface area contributed by atoms with Crippen molar-refractivity contribution in [3.63, 3.8) is 0 Å². The Bertz CT molecular complexity index is 800. The molecular formula is C17H18F4N4O2. The smallest absolute Gasteiger partial charge is 0.422 e. The first-order valence-corrected chi connectivity index (χ1v) is 8.38. The number of carbonyl (C=O) groups is 1. The van der Waals surface area contributed by atoms with Gasteiger partial charge in [0.05, 0.1) is 11.7 Å². The molecule has 0 radical (unpaired) electrons. The molecule has 1 fully saturated rings. The van der Waals surface area contributed by atoms with Gasteiger partial charge in [0.25, 0.3) is 5.91 Å². The van der Waals surface area contributed by atoms with Gasteiger partial charge in [-0.3, -0.25) is 9.48 Å². The maximum Gasteiger partial charge on any atom is 0.422 e. The van der Waals surface area contributed by atoms with E-state index >= 15 is 0 Å². The second-order valence-electron chi connectivity index (χ2n) is 6.18. The summed E-state index contributed by atoms with van der Waals surface area (Å²) in [4.78, 5) is 12.4. The Kier molecular flexibility index (Phi) is 5.64. The summed E-state index contributed by atoms with van der Waals surface area (Å²) in [6.45, 7) is 0.123. The van der Waals surface area contributed by atoms with E-state index in [1.165, 1.54) is 6.07 Å². The lowest BCUT2D eigenvalue weighted by Crippen LogP contribution is -2.32. The average Bonchev–Trinajstić information content (AvgIpc) is 3.11. The lowest BCUT2D eigenvalue weighted by molar-refractivity contribution is -0.153. The third kappa shape index (κ3) is 5.19. The molecule has 1 saturated heterocycles. The van der Waals surface area contributed by atoms with E-state index in [0.717, 1.165) is 44.1 Å². The molecule has 0 saturated carbocycles. The fourth-order valence-corrected chi connectivity index (χ4v) is 2.79. The lowest BCUT2D eigenvalue weighted by Gasteiger charge is -2.22. The zero-order valence-electron chi connectivity index (χ0n) is 14.2. The van der Waals surface area contributed by atoms with Gasteiger partial charge in [0.1, 0.15) is 11.6 Å². The van der Waals surface area contributed by atoms with Gasteiger partial charge in [-0.2, -0.15) is 18.3 Å². The van der Waals surface area contributed by atoms with Crippen LogP contribution in [0.5, 0.6) is 5.75 Å². The van der Waals surface area contributed by atoms with E-state index < -0.39 is 24.5 Å². The summed E-state index contributed by atoms with van der Waals surface area (Å²) in [5, 5.41) is 9.81. The molecule has 0 aliphatic carbocycles. The predicted octanol–water partition coefficient (Wildman–Crippen LogP) is 3.14. The van der Waals surface area contributed by atoms with Gasteiger partial charge in [0, 0.05) is 18.8 Å². The minimum absolute atomic E-state index is 0.0756. The van der Waals surface area contributed by atoms with Crippen molar-refractivity contribution in [1.82, 2.24) is 15.1 Å². The number of nitrogens with zero attached hydrogens (tertiary/aromatic N) is 2. The number of carbonyl (C=O) groups excluding carboxylic acids is 1. The first kappa shape index (κ1) is 19.2. The number of aromatic nitrogens is 2. The highest BCUT2D eigenvalue weighted by atomic mass is 19.4. The Morgan fingerprint density at radius 2 is 2.19 bits per heavy atom. The number of halogens is 4. The fourth-order valence-electron chi connectivity index (χ4n) is 2.79. The number of hydrogen-bond donors (Lipinski definition) is 2. The standard InChI is InChI=1S/C17H18F4N4O2/c18-11-3-4-15(27-10-17(19,20)21)14(8-11)23-16(26)13-5-7-25(24-13)12-2-1-6-22-9-12/h3-5,7-8,12,22H,1-2,6,9-10H2,(H,23,26). The van der Waals surface area contributed by atoms with Crippen molar-refractivity contribution in [3.05, 3.63) is 42.0 Å². The highest BCUT2D eigenvalue weighted by Gasteiger charge is 2.29. The monoisotopic (exact) mass is 386 g/mol. The number of amides is 1. The highest BCUT2D eigenvalue weighted by Crippen LogP contribution is 2.28. The summed E-state index contributed by atoms with van der Waals surface area (Å²) in [6, 6.07) is 4.50. The predicted molar refractivity (Wildman–Crippen MR) is 89.3 cm³/mol. The van der Waals surface area contributed by atoms with Crippen molar-refractivity contribution in [2.75, 3.05) is 25.0 Å². The van der Waals surface area contributed by atoms with Crippen LogP contribution in [0.3, 0.4) is 0 Å². The van der Waals surface area contributed by atoms with Crippen LogP contribution in [0.25, 0.3) is 0 Å². The molecule has 2 heterocycles. The van der Waals surface area contributed by atoms with Crippen molar-refractivity contribution in [2.24, 2.45) is 0 Å². The number of alkyl halides is 3. The van der Waals surface area contributed by atoms with Crippen LogP contribution in [-0.2, 0) is 0 Å². The van der Waals surface area contributed by atoms with E-state index in [9.17, 15) is 22.4 Å². The van der Waals surface area contributed by atoms with Crippen LogP contribution in [0.2, 0.25) is 0 Å². The number of benzene rings is 1. The van der Waals surface area contributed by atoms with E-state index in [2.05, 4.69) is 20.5 Å². The van der Waals surface area contributed by atoms with E-state index in [4.69, 9.17) is 0 Å². The number of rotatable bonds is 5. The summed E-state index contributed by atoms with van der Waals surface area (Å²) in [5.74, 6) is -1.67. The summed E-state index contributed by atoms with van der Waals surface area (Å²) >= 11 is 0. The van der Waals surface area contributed by atoms with Gasteiger partial charge < -0.3 is 15.4 Å². The van der Waals surface area contributed by atoms with Gasteiger partial charge in [-0.15, -0.1) is 0 Å². The molecule has 6 nitrogen and oxygen atoms in total. The molecule has 0 bridgehead atoms. The fraction of sp³-hybridized carbons (Fsp3) is 0.412. The van der Waals surface area contributed by atoms with Crippen LogP contribution in [0.15, 0.2) is 30.5 Å². The number of ether oxygens (including phenoxy) is 1. The van der Waals surface area contributed by atoms with E-state index in [-0.39, 0.29) is 23.2 Å². The Balaban J connectivity index is 1.72. The maximum atomic E-state index is 13.5. The van der Waals surface area contributed by atoms with Crippen molar-refractivity contribution in [2.45, 2.75) is 25.1 Å². The normalized spacial score (nSPS) is 17.6. The largest absolute Gasteiger partial charge is 0.482 e. The average molecular weight is 386 g/mol. The van der Waals surface area contributed by atoms with Crippen LogP contribution < -0.4 is 15.4 Å². The molecule has 1 amide bonds. The van der Waals surface area contributed by atoms with Crippen LogP contribution >= 0.6 is 0 Å². The van der Waals surface area contributed by atoms with Gasteiger partial charge in [-0.1, -0.05) is 0 Å². The van der Waals surface area contributed by atoms with Crippen molar-refractivity contribution >= 4 is 11.6 Å². The second kappa shape index (κ2) is 7.95. The zero-order valence-corrected chi connectivity index (χ0v) is 14.2. The molecule has 1 atom stereocenters. The molecule has 1 aromatic carbocycles. The third-order valence-electron chi connectivity index (χ3n) is 4.07. The van der Waals surface area contributed by atoms with Crippen LogP contribution in [0.4, 0.5) is 23.2 Å². The van der Waals surface area contributed by atoms with Crippen LogP contribution in [-0.4, -0.2) is 41.6 Å². The van der Waals surface area contributed by atoms with Crippen LogP contribution in [0.1, 0.15) is 29.4 Å². The Labute approximate surface area is 152 Å². The molecule has 2 N–H and O–H groups in total. The van der Waals surface area contributed by atoms with E-state index in [1.54, 1.807) is 10.9 Å². The molecule has 1 aromatic heterocycles. The molecule has 10 heteroatoms. The number of nitrogens with one attached hydrogen (secondary N) is 2. The molecular weight excluding hydrogens is 368 g/mol. The topological polar surface area (TPSA) is 68.2 Å². The summed E-state index contributed by atoms with van der Waals surface area (Å²) in [5.41, 5.74) is -0.121. The number of anilines is 1. The van der Waals surface area contributed by atoms with Gasteiger partial charge >= 0.3 is 6.18 Å². The van der Waals surface area contributed by atoms with E-state index in [0.29, 0.717) is 0 Å². The minimum Gasteiger partial charge on any atom is -0.482 e. The lowest BCUT2D eigenvalue weighted by atomic mass is 10.1. The molecule has 2 aromatic rings. The number of piperidine rings is 1. The molecule has 146 valence electrons. The molecule has 27 heavy (non-hydrogen) atoms. The Morgan fingerprint density at radius 3 is 2.89 bits per heavy atom. The Hall–Kier alpha value is -2.62. The van der Waals surface area contributed by atoms with E-state index in [1.807, 2.05) is 0 Å². The van der Waals surface area contributed by atoms with Crippen LogP contribution in [0, 0.1) is 5.82 Å². The first-order valence-electron chi connectivity index (χ1n) is 8.38. The third-order valence-corrected chi connectivity index (χ3v) is 4.07. The van der Waals surface area contributed by atoms with Crippen molar-refractivity contribution < 1.29 is 27.1 Å². The first-order chi connectivity index (χ1) is 12.8. The summed E-state index contributed by atoms with van der Waals surface area (Å²) in [6.07, 6.45) is -0.966. The second-order valence-corrected chi connectivity index (χ2v) is 6.18. The minimum atomic E-state index is -4.55. The quantitative estimate of drug-likeness (QED) is 0.775. The summed E-state index contributed by atoms with van der Waals surface area (Å²) < 4.78 is 56.9. The van der Waals surface area contributed by atoms with Gasteiger partial charge in [-0.25, -0.2) is 4.39 Å². The van der Waals surface area contributed by atoms with Gasteiger partial charge in [-0.05, 0) is 37.6 Å². The molecule has 0 spiro atoms. The Morgan fingerprint density at radius 1 is 1.37 bits per heavy atom. The van der Waals surface area contributed by atoms with Gasteiger partial charge in [0.2, 0.25) is 0 Å². The SMILES string of the molecule is O=C(Nc1cc(F)ccc1OCC(F)(F)F)c1ccn(C2CCCNC2)n1. The summed E-state index contributed by atoms with van der Waals surface area (Å²) in [7, 11) is 0. The highest BCUT2D eigenvalue weighted by molar-refractivity contribution is 6.03. The molecule has 1 aliphatic heterocycles. The molecule has 3 rings (SSSR count). The van der Waals surface area contributed by atoms with Crippen molar-refractivity contribution in [3.8, 4) is 5.75 Å². The molecule has 1 aliphatic rings. The molecule has 1 unspecified atom stereocenters.